The van der Waals surface area contributed by atoms with Gasteiger partial charge in [0.1, 0.15) is 11.2 Å². The Morgan fingerprint density at radius 2 is 0.905 bits per heavy atom. The molecule has 1 heteroatoms. The molecule has 0 aliphatic carbocycles. The Balaban J connectivity index is 1.35. The van der Waals surface area contributed by atoms with Crippen molar-refractivity contribution in [1.29, 1.82) is 0 Å². The van der Waals surface area contributed by atoms with E-state index in [0.29, 0.717) is 0 Å². The molecule has 9 aromatic rings. The van der Waals surface area contributed by atoms with Gasteiger partial charge in [-0.2, -0.15) is 0 Å². The van der Waals surface area contributed by atoms with Crippen molar-refractivity contribution < 1.29 is 4.42 Å². The standard InChI is InChI=1S/C41H26O/c1-25-22-37-31-21-20-29(24-38(31)42-41(37)36-17-9-4-12-30(25)36)40-34-15-7-5-13-32(34)39(33-14-6-8-16-35(33)40)28-19-18-26-10-2-3-11-27(26)23-28/h2-24H,1H3. The molecular formula is C41H26O. The topological polar surface area (TPSA) is 13.1 Å². The Morgan fingerprint density at radius 3 is 1.57 bits per heavy atom. The molecule has 0 aliphatic heterocycles. The number of furan rings is 1. The lowest BCUT2D eigenvalue weighted by Gasteiger charge is -2.18. The van der Waals surface area contributed by atoms with E-state index in [-0.39, 0.29) is 0 Å². The van der Waals surface area contributed by atoms with E-state index in [9.17, 15) is 0 Å². The van der Waals surface area contributed by atoms with Gasteiger partial charge in [-0.25, -0.2) is 0 Å². The number of rotatable bonds is 2. The van der Waals surface area contributed by atoms with Gasteiger partial charge in [0.25, 0.3) is 0 Å². The summed E-state index contributed by atoms with van der Waals surface area (Å²) in [4.78, 5) is 0. The zero-order valence-electron chi connectivity index (χ0n) is 23.2. The SMILES string of the molecule is Cc1cc2c3ccc(-c4c5ccccc5c(-c5ccc6ccccc6c5)c5ccccc45)cc3oc2c2ccccc12. The molecule has 0 atom stereocenters. The van der Waals surface area contributed by atoms with Crippen LogP contribution in [0, 0.1) is 6.92 Å². The van der Waals surface area contributed by atoms with Gasteiger partial charge in [0.15, 0.2) is 0 Å². The predicted octanol–water partition coefficient (Wildman–Crippen LogP) is 11.8. The second kappa shape index (κ2) is 8.80. The predicted molar refractivity (Wildman–Crippen MR) is 179 cm³/mol. The first kappa shape index (κ1) is 23.3. The Bertz CT molecular complexity index is 2470. The summed E-state index contributed by atoms with van der Waals surface area (Å²) < 4.78 is 6.64. The molecule has 1 heterocycles. The number of aryl methyl sites for hydroxylation is 1. The van der Waals surface area contributed by atoms with Crippen molar-refractivity contribution in [3.63, 3.8) is 0 Å². The molecule has 0 N–H and O–H groups in total. The summed E-state index contributed by atoms with van der Waals surface area (Å²) in [5.41, 5.74) is 8.08. The summed E-state index contributed by atoms with van der Waals surface area (Å²) >= 11 is 0. The van der Waals surface area contributed by atoms with Crippen LogP contribution in [0.15, 0.2) is 144 Å². The first-order valence-electron chi connectivity index (χ1n) is 14.5. The maximum absolute atomic E-state index is 6.64. The van der Waals surface area contributed by atoms with E-state index in [1.165, 1.54) is 76.3 Å². The van der Waals surface area contributed by atoms with E-state index in [1.807, 2.05) is 0 Å². The van der Waals surface area contributed by atoms with Crippen LogP contribution in [0.2, 0.25) is 0 Å². The number of hydrogen-bond acceptors (Lipinski definition) is 1. The van der Waals surface area contributed by atoms with Gasteiger partial charge in [-0.3, -0.25) is 0 Å². The zero-order valence-corrected chi connectivity index (χ0v) is 23.2. The van der Waals surface area contributed by atoms with Gasteiger partial charge in [0.05, 0.1) is 0 Å². The Hall–Kier alpha value is -5.40. The Labute approximate surface area is 243 Å². The van der Waals surface area contributed by atoms with E-state index in [1.54, 1.807) is 0 Å². The van der Waals surface area contributed by atoms with Crippen molar-refractivity contribution in [1.82, 2.24) is 0 Å². The monoisotopic (exact) mass is 534 g/mol. The van der Waals surface area contributed by atoms with Crippen molar-refractivity contribution in [3.05, 3.63) is 145 Å². The average molecular weight is 535 g/mol. The minimum atomic E-state index is 0.921. The van der Waals surface area contributed by atoms with Crippen LogP contribution in [-0.4, -0.2) is 0 Å². The summed E-state index contributed by atoms with van der Waals surface area (Å²) in [6.07, 6.45) is 0. The lowest BCUT2D eigenvalue weighted by Crippen LogP contribution is -1.91. The minimum absolute atomic E-state index is 0.921. The molecule has 0 amide bonds. The van der Waals surface area contributed by atoms with Crippen molar-refractivity contribution in [3.8, 4) is 22.3 Å². The van der Waals surface area contributed by atoms with Crippen molar-refractivity contribution in [2.75, 3.05) is 0 Å². The normalized spacial score (nSPS) is 11.9. The van der Waals surface area contributed by atoms with Gasteiger partial charge in [-0.05, 0) is 96.7 Å². The molecule has 0 unspecified atom stereocenters. The Kier molecular flexibility index (Phi) is 4.88. The Morgan fingerprint density at radius 1 is 0.381 bits per heavy atom. The third kappa shape index (κ3) is 3.31. The largest absolute Gasteiger partial charge is 0.455 e. The second-order valence-electron chi connectivity index (χ2n) is 11.3. The van der Waals surface area contributed by atoms with Crippen LogP contribution in [0.5, 0.6) is 0 Å². The highest BCUT2D eigenvalue weighted by Crippen LogP contribution is 2.45. The molecule has 0 spiro atoms. The molecule has 42 heavy (non-hydrogen) atoms. The van der Waals surface area contributed by atoms with Crippen LogP contribution in [0.25, 0.3) is 87.3 Å². The minimum Gasteiger partial charge on any atom is -0.455 e. The third-order valence-corrected chi connectivity index (χ3v) is 8.94. The highest BCUT2D eigenvalue weighted by molar-refractivity contribution is 6.23. The molecule has 0 aliphatic rings. The number of hydrogen-bond donors (Lipinski definition) is 0. The number of fused-ring (bicyclic) bond motifs is 8. The van der Waals surface area contributed by atoms with Crippen LogP contribution < -0.4 is 0 Å². The van der Waals surface area contributed by atoms with E-state index in [4.69, 9.17) is 4.42 Å². The molecule has 9 rings (SSSR count). The van der Waals surface area contributed by atoms with Gasteiger partial charge in [0.2, 0.25) is 0 Å². The molecule has 0 fully saturated rings. The van der Waals surface area contributed by atoms with Crippen LogP contribution in [0.1, 0.15) is 5.56 Å². The first-order chi connectivity index (χ1) is 20.7. The summed E-state index contributed by atoms with van der Waals surface area (Å²) in [7, 11) is 0. The molecule has 0 radical (unpaired) electrons. The molecule has 0 bridgehead atoms. The highest BCUT2D eigenvalue weighted by Gasteiger charge is 2.18. The van der Waals surface area contributed by atoms with Crippen molar-refractivity contribution in [2.45, 2.75) is 6.92 Å². The average Bonchev–Trinajstić information content (AvgIpc) is 3.41. The fourth-order valence-corrected chi connectivity index (χ4v) is 7.03. The lowest BCUT2D eigenvalue weighted by molar-refractivity contribution is 0.673. The molecule has 1 aromatic heterocycles. The molecule has 0 saturated carbocycles. The van der Waals surface area contributed by atoms with E-state index < -0.39 is 0 Å². The van der Waals surface area contributed by atoms with Crippen molar-refractivity contribution >= 4 is 65.0 Å². The summed E-state index contributed by atoms with van der Waals surface area (Å²) in [6, 6.07) is 50.7. The van der Waals surface area contributed by atoms with Crippen LogP contribution in [0.4, 0.5) is 0 Å². The molecule has 196 valence electrons. The first-order valence-corrected chi connectivity index (χ1v) is 14.5. The van der Waals surface area contributed by atoms with E-state index in [2.05, 4.69) is 146 Å². The summed E-state index contributed by atoms with van der Waals surface area (Å²) in [5.74, 6) is 0. The van der Waals surface area contributed by atoms with Crippen LogP contribution in [-0.2, 0) is 0 Å². The fourth-order valence-electron chi connectivity index (χ4n) is 7.03. The lowest BCUT2D eigenvalue weighted by atomic mass is 9.85. The van der Waals surface area contributed by atoms with Gasteiger partial charge >= 0.3 is 0 Å². The third-order valence-electron chi connectivity index (χ3n) is 8.94. The quantitative estimate of drug-likeness (QED) is 0.201. The molecular weight excluding hydrogens is 508 g/mol. The zero-order chi connectivity index (χ0) is 27.8. The maximum Gasteiger partial charge on any atom is 0.143 e. The summed E-state index contributed by atoms with van der Waals surface area (Å²) in [6.45, 7) is 2.18. The van der Waals surface area contributed by atoms with Gasteiger partial charge in [-0.15, -0.1) is 0 Å². The van der Waals surface area contributed by atoms with Crippen molar-refractivity contribution in [2.24, 2.45) is 0 Å². The second-order valence-corrected chi connectivity index (χ2v) is 11.3. The molecule has 1 nitrogen and oxygen atoms in total. The van der Waals surface area contributed by atoms with Gasteiger partial charge in [0, 0.05) is 16.2 Å². The van der Waals surface area contributed by atoms with E-state index >= 15 is 0 Å². The van der Waals surface area contributed by atoms with Crippen LogP contribution >= 0.6 is 0 Å². The molecule has 0 saturated heterocycles. The van der Waals surface area contributed by atoms with E-state index in [0.717, 1.165) is 16.6 Å². The fraction of sp³-hybridized carbons (Fsp3) is 0.0244. The van der Waals surface area contributed by atoms with Crippen LogP contribution in [0.3, 0.4) is 0 Å². The smallest absolute Gasteiger partial charge is 0.143 e. The maximum atomic E-state index is 6.64. The number of benzene rings is 8. The van der Waals surface area contributed by atoms with Gasteiger partial charge in [-0.1, -0.05) is 115 Å². The highest BCUT2D eigenvalue weighted by atomic mass is 16.3. The molecule has 8 aromatic carbocycles. The summed E-state index contributed by atoms with van der Waals surface area (Å²) in [5, 5.41) is 12.3. The van der Waals surface area contributed by atoms with Gasteiger partial charge < -0.3 is 4.42 Å².